The van der Waals surface area contributed by atoms with Crippen molar-refractivity contribution >= 4 is 42.5 Å². The number of anilines is 2. The third kappa shape index (κ3) is 5.09. The maximum Gasteiger partial charge on any atom is 0.308 e. The van der Waals surface area contributed by atoms with Gasteiger partial charge in [-0.25, -0.2) is 4.98 Å². The normalized spacial score (nSPS) is 20.5. The predicted molar refractivity (Wildman–Crippen MR) is 101 cm³/mol. The molecule has 0 aromatic carbocycles. The summed E-state index contributed by atoms with van der Waals surface area (Å²) in [7, 11) is 3.78. The van der Waals surface area contributed by atoms with Crippen molar-refractivity contribution in [2.45, 2.75) is 32.7 Å². The number of halogens is 2. The molecule has 24 heavy (non-hydrogen) atoms. The van der Waals surface area contributed by atoms with Crippen LogP contribution in [0.3, 0.4) is 0 Å². The zero-order valence-electron chi connectivity index (χ0n) is 14.5. The molecule has 1 aromatic rings. The topological polar surface area (TPSA) is 95.6 Å². The summed E-state index contributed by atoms with van der Waals surface area (Å²) < 4.78 is 0. The third-order valence-electron chi connectivity index (χ3n) is 4.18. The Kier molecular flexibility index (Phi) is 8.74. The zero-order chi connectivity index (χ0) is 16.4. The SMILES string of the molecule is Cc1nc(N(C)C)nc(N2C[C@H](N)CC[C@H](C(=O)O)C2)c1C.Cl.Cl. The highest BCUT2D eigenvalue weighted by Crippen LogP contribution is 2.26. The number of nitrogens with two attached hydrogens (primary N) is 1. The number of hydrogen-bond acceptors (Lipinski definition) is 6. The Bertz CT molecular complexity index is 571. The van der Waals surface area contributed by atoms with Gasteiger partial charge >= 0.3 is 5.97 Å². The average Bonchev–Trinajstić information content (AvgIpc) is 2.63. The van der Waals surface area contributed by atoms with Crippen LogP contribution in [-0.2, 0) is 4.79 Å². The van der Waals surface area contributed by atoms with Crippen LogP contribution in [0.4, 0.5) is 11.8 Å². The minimum Gasteiger partial charge on any atom is -0.481 e. The number of carboxylic acid groups (broad SMARTS) is 1. The first-order chi connectivity index (χ1) is 10.3. The van der Waals surface area contributed by atoms with Crippen LogP contribution >= 0.6 is 24.8 Å². The molecule has 0 saturated carbocycles. The average molecular weight is 380 g/mol. The number of aliphatic carboxylic acids is 1. The van der Waals surface area contributed by atoms with Crippen molar-refractivity contribution in [3.8, 4) is 0 Å². The highest BCUT2D eigenvalue weighted by Gasteiger charge is 2.29. The van der Waals surface area contributed by atoms with Crippen LogP contribution in [-0.4, -0.2) is 54.3 Å². The lowest BCUT2D eigenvalue weighted by molar-refractivity contribution is -0.141. The van der Waals surface area contributed by atoms with E-state index in [9.17, 15) is 9.90 Å². The van der Waals surface area contributed by atoms with Gasteiger partial charge in [-0.3, -0.25) is 4.79 Å². The largest absolute Gasteiger partial charge is 0.481 e. The summed E-state index contributed by atoms with van der Waals surface area (Å²) in [6.45, 7) is 4.97. The monoisotopic (exact) mass is 379 g/mol. The molecule has 3 N–H and O–H groups in total. The smallest absolute Gasteiger partial charge is 0.308 e. The van der Waals surface area contributed by atoms with Crippen LogP contribution in [0.25, 0.3) is 0 Å². The molecule has 2 rings (SSSR count). The maximum absolute atomic E-state index is 11.4. The number of aryl methyl sites for hydroxylation is 1. The number of carboxylic acids is 1. The molecular formula is C15H27Cl2N5O2. The van der Waals surface area contributed by atoms with E-state index in [1.165, 1.54) is 0 Å². The Morgan fingerprint density at radius 2 is 1.83 bits per heavy atom. The van der Waals surface area contributed by atoms with E-state index in [2.05, 4.69) is 9.97 Å². The molecule has 2 atom stereocenters. The summed E-state index contributed by atoms with van der Waals surface area (Å²) >= 11 is 0. The van der Waals surface area contributed by atoms with E-state index in [0.29, 0.717) is 25.5 Å². The fraction of sp³-hybridized carbons (Fsp3) is 0.667. The molecule has 1 fully saturated rings. The number of aromatic nitrogens is 2. The van der Waals surface area contributed by atoms with Gasteiger partial charge in [0, 0.05) is 44.5 Å². The lowest BCUT2D eigenvalue weighted by atomic mass is 10.0. The highest BCUT2D eigenvalue weighted by molar-refractivity contribution is 5.85. The Morgan fingerprint density at radius 1 is 1.21 bits per heavy atom. The van der Waals surface area contributed by atoms with Gasteiger partial charge in [-0.2, -0.15) is 4.98 Å². The van der Waals surface area contributed by atoms with Gasteiger partial charge in [-0.05, 0) is 26.7 Å². The maximum atomic E-state index is 11.4. The first kappa shape index (κ1) is 22.7. The fourth-order valence-corrected chi connectivity index (χ4v) is 2.70. The first-order valence-electron chi connectivity index (χ1n) is 7.55. The van der Waals surface area contributed by atoms with Crippen molar-refractivity contribution < 1.29 is 9.90 Å². The summed E-state index contributed by atoms with van der Waals surface area (Å²) in [4.78, 5) is 24.3. The van der Waals surface area contributed by atoms with Gasteiger partial charge in [-0.15, -0.1) is 24.8 Å². The second-order valence-corrected chi connectivity index (χ2v) is 6.23. The minimum atomic E-state index is -0.768. The van der Waals surface area contributed by atoms with Crippen molar-refractivity contribution in [2.75, 3.05) is 37.0 Å². The van der Waals surface area contributed by atoms with Crippen LogP contribution < -0.4 is 15.5 Å². The van der Waals surface area contributed by atoms with Gasteiger partial charge in [0.2, 0.25) is 5.95 Å². The van der Waals surface area contributed by atoms with Gasteiger partial charge in [0.05, 0.1) is 5.92 Å². The summed E-state index contributed by atoms with van der Waals surface area (Å²) in [5.41, 5.74) is 8.00. The Labute approximate surface area is 155 Å². The van der Waals surface area contributed by atoms with E-state index in [4.69, 9.17) is 5.73 Å². The summed E-state index contributed by atoms with van der Waals surface area (Å²) in [6.07, 6.45) is 1.33. The standard InChI is InChI=1S/C15H25N5O2.2ClH/c1-9-10(2)17-15(19(3)4)18-13(9)20-7-11(14(21)22)5-6-12(16)8-20;;/h11-12H,5-8,16H2,1-4H3,(H,21,22);2*1H/t11-,12+;;/m0../s1. The van der Waals surface area contributed by atoms with Gasteiger partial charge in [0.15, 0.2) is 0 Å². The van der Waals surface area contributed by atoms with Crippen molar-refractivity contribution in [3.05, 3.63) is 11.3 Å². The lowest BCUT2D eigenvalue weighted by Crippen LogP contribution is -2.39. The molecule has 1 aromatic heterocycles. The van der Waals surface area contributed by atoms with Gasteiger partial charge < -0.3 is 20.6 Å². The van der Waals surface area contributed by atoms with E-state index in [1.54, 1.807) is 0 Å². The van der Waals surface area contributed by atoms with Crippen molar-refractivity contribution in [1.29, 1.82) is 0 Å². The molecule has 7 nitrogen and oxygen atoms in total. The molecular weight excluding hydrogens is 353 g/mol. The molecule has 2 heterocycles. The molecule has 0 amide bonds. The molecule has 0 bridgehead atoms. The first-order valence-corrected chi connectivity index (χ1v) is 7.55. The van der Waals surface area contributed by atoms with Crippen molar-refractivity contribution in [2.24, 2.45) is 11.7 Å². The Hall–Kier alpha value is -1.31. The predicted octanol–water partition coefficient (Wildman–Crippen LogP) is 1.63. The second-order valence-electron chi connectivity index (χ2n) is 6.23. The number of hydrogen-bond donors (Lipinski definition) is 2. The lowest BCUT2D eigenvalue weighted by Gasteiger charge is -2.28. The fourth-order valence-electron chi connectivity index (χ4n) is 2.70. The minimum absolute atomic E-state index is 0. The molecule has 1 aliphatic rings. The second kappa shape index (κ2) is 9.25. The van der Waals surface area contributed by atoms with Crippen LogP contribution in [0, 0.1) is 19.8 Å². The molecule has 0 aliphatic carbocycles. The number of carbonyl (C=O) groups is 1. The molecule has 1 aliphatic heterocycles. The molecule has 138 valence electrons. The van der Waals surface area contributed by atoms with E-state index in [-0.39, 0.29) is 30.9 Å². The summed E-state index contributed by atoms with van der Waals surface area (Å²) in [6, 6.07) is -0.0400. The quantitative estimate of drug-likeness (QED) is 0.823. The van der Waals surface area contributed by atoms with Gasteiger partial charge in [0.25, 0.3) is 0 Å². The summed E-state index contributed by atoms with van der Waals surface area (Å²) in [5.74, 6) is 0.240. The Morgan fingerprint density at radius 3 is 2.38 bits per heavy atom. The van der Waals surface area contributed by atoms with E-state index in [1.807, 2.05) is 37.7 Å². The van der Waals surface area contributed by atoms with Crippen LogP contribution in [0.15, 0.2) is 0 Å². The molecule has 1 saturated heterocycles. The summed E-state index contributed by atoms with van der Waals surface area (Å²) in [5, 5.41) is 9.37. The highest BCUT2D eigenvalue weighted by atomic mass is 35.5. The molecule has 0 spiro atoms. The van der Waals surface area contributed by atoms with Crippen molar-refractivity contribution in [3.63, 3.8) is 0 Å². The van der Waals surface area contributed by atoms with E-state index in [0.717, 1.165) is 23.5 Å². The van der Waals surface area contributed by atoms with Crippen LogP contribution in [0.5, 0.6) is 0 Å². The van der Waals surface area contributed by atoms with Crippen molar-refractivity contribution in [1.82, 2.24) is 9.97 Å². The van der Waals surface area contributed by atoms with Crippen LogP contribution in [0.1, 0.15) is 24.1 Å². The Balaban J connectivity index is 0.00000264. The molecule has 0 radical (unpaired) electrons. The molecule has 0 unspecified atom stereocenters. The zero-order valence-corrected chi connectivity index (χ0v) is 16.2. The molecule has 9 heteroatoms. The van der Waals surface area contributed by atoms with E-state index < -0.39 is 11.9 Å². The third-order valence-corrected chi connectivity index (χ3v) is 4.18. The van der Waals surface area contributed by atoms with Gasteiger partial charge in [-0.1, -0.05) is 0 Å². The van der Waals surface area contributed by atoms with Crippen LogP contribution in [0.2, 0.25) is 0 Å². The number of rotatable bonds is 3. The van der Waals surface area contributed by atoms with Gasteiger partial charge in [0.1, 0.15) is 5.82 Å². The number of nitrogens with zero attached hydrogens (tertiary/aromatic N) is 4. The van der Waals surface area contributed by atoms with E-state index >= 15 is 0 Å².